The Labute approximate surface area is 174 Å². The zero-order chi connectivity index (χ0) is 22.1. The molecule has 0 spiro atoms. The minimum absolute atomic E-state index is 0.00797. The van der Waals surface area contributed by atoms with Crippen molar-refractivity contribution < 1.29 is 18.4 Å². The van der Waals surface area contributed by atoms with Crippen molar-refractivity contribution in [2.45, 2.75) is 58.3 Å². The van der Waals surface area contributed by atoms with Crippen molar-refractivity contribution in [1.82, 2.24) is 19.8 Å². The van der Waals surface area contributed by atoms with Gasteiger partial charge in [0.05, 0.1) is 6.54 Å². The molecule has 1 aromatic heterocycles. The number of rotatable bonds is 5. The van der Waals surface area contributed by atoms with E-state index < -0.39 is 17.7 Å². The first-order chi connectivity index (χ1) is 14.0. The van der Waals surface area contributed by atoms with Crippen molar-refractivity contribution in [3.05, 3.63) is 53.1 Å². The van der Waals surface area contributed by atoms with Crippen LogP contribution in [0, 0.1) is 11.6 Å². The average molecular weight is 419 g/mol. The lowest BCUT2D eigenvalue weighted by Gasteiger charge is -2.28. The van der Waals surface area contributed by atoms with Crippen molar-refractivity contribution >= 4 is 11.8 Å². The standard InChI is InChI=1S/C21H27F2N5O2/c1-21(2,3)26-20(30)17-11-27-6-7-28(12-18(27)25-17)19(29)10-15(24)9-13-8-14(22)4-5-16(13)23/h4-5,8,11,15H,6-7,9-10,12,24H2,1-3H3,(H,26,30)/t15-/m1/s1. The molecule has 2 heterocycles. The number of hydrogen-bond acceptors (Lipinski definition) is 4. The lowest BCUT2D eigenvalue weighted by atomic mass is 10.0. The highest BCUT2D eigenvalue weighted by molar-refractivity contribution is 5.92. The molecule has 0 saturated heterocycles. The van der Waals surface area contributed by atoms with Crippen molar-refractivity contribution in [1.29, 1.82) is 0 Å². The zero-order valence-corrected chi connectivity index (χ0v) is 17.4. The van der Waals surface area contributed by atoms with Crippen LogP contribution >= 0.6 is 0 Å². The molecule has 0 unspecified atom stereocenters. The van der Waals surface area contributed by atoms with Crippen LogP contribution in [0.4, 0.5) is 8.78 Å². The number of amides is 2. The Morgan fingerprint density at radius 3 is 2.70 bits per heavy atom. The van der Waals surface area contributed by atoms with Gasteiger partial charge in [-0.3, -0.25) is 9.59 Å². The van der Waals surface area contributed by atoms with Crippen LogP contribution in [0.3, 0.4) is 0 Å². The molecule has 1 aliphatic heterocycles. The Hall–Kier alpha value is -2.81. The molecular formula is C21H27F2N5O2. The molecule has 1 aromatic carbocycles. The van der Waals surface area contributed by atoms with Crippen LogP contribution in [-0.4, -0.2) is 44.4 Å². The van der Waals surface area contributed by atoms with Gasteiger partial charge >= 0.3 is 0 Å². The average Bonchev–Trinajstić information content (AvgIpc) is 3.06. The van der Waals surface area contributed by atoms with Gasteiger partial charge in [0.1, 0.15) is 23.2 Å². The first-order valence-corrected chi connectivity index (χ1v) is 9.87. The summed E-state index contributed by atoms with van der Waals surface area (Å²) in [4.78, 5) is 31.0. The fourth-order valence-electron chi connectivity index (χ4n) is 3.39. The smallest absolute Gasteiger partial charge is 0.271 e. The third-order valence-electron chi connectivity index (χ3n) is 4.80. The number of halogens is 2. The fraction of sp³-hybridized carbons (Fsp3) is 0.476. The van der Waals surface area contributed by atoms with E-state index in [9.17, 15) is 18.4 Å². The second-order valence-corrected chi connectivity index (χ2v) is 8.66. The van der Waals surface area contributed by atoms with Gasteiger partial charge in [0.25, 0.3) is 5.91 Å². The topological polar surface area (TPSA) is 93.2 Å². The first-order valence-electron chi connectivity index (χ1n) is 9.87. The number of carbonyl (C=O) groups excluding carboxylic acids is 2. The van der Waals surface area contributed by atoms with Gasteiger partial charge < -0.3 is 20.5 Å². The summed E-state index contributed by atoms with van der Waals surface area (Å²) in [5, 5.41) is 2.87. The fourth-order valence-corrected chi connectivity index (χ4v) is 3.39. The van der Waals surface area contributed by atoms with E-state index in [4.69, 9.17) is 5.73 Å². The van der Waals surface area contributed by atoms with Gasteiger partial charge in [-0.2, -0.15) is 0 Å². The maximum Gasteiger partial charge on any atom is 0.271 e. The third kappa shape index (κ3) is 5.41. The van der Waals surface area contributed by atoms with Crippen molar-refractivity contribution in [2.24, 2.45) is 5.73 Å². The molecule has 7 nitrogen and oxygen atoms in total. The Kier molecular flexibility index (Phi) is 6.21. The van der Waals surface area contributed by atoms with E-state index in [-0.39, 0.29) is 42.3 Å². The molecule has 3 rings (SSSR count). The predicted octanol–water partition coefficient (Wildman–Crippen LogP) is 1.99. The first kappa shape index (κ1) is 21.9. The van der Waals surface area contributed by atoms with Crippen molar-refractivity contribution in [2.75, 3.05) is 6.54 Å². The Balaban J connectivity index is 1.60. The molecule has 0 radical (unpaired) electrons. The lowest BCUT2D eigenvalue weighted by molar-refractivity contribution is -0.133. The van der Waals surface area contributed by atoms with Crippen LogP contribution in [0.2, 0.25) is 0 Å². The van der Waals surface area contributed by atoms with E-state index in [2.05, 4.69) is 10.3 Å². The van der Waals surface area contributed by atoms with E-state index in [0.29, 0.717) is 24.6 Å². The number of imidazole rings is 1. The van der Waals surface area contributed by atoms with Gasteiger partial charge in [0, 0.05) is 37.3 Å². The SMILES string of the molecule is CC(C)(C)NC(=O)c1cn2c(n1)CN(C(=O)C[C@H](N)Cc1cc(F)ccc1F)CC2. The number of nitrogens with two attached hydrogens (primary N) is 1. The summed E-state index contributed by atoms with van der Waals surface area (Å²) in [5.41, 5.74) is 6.11. The van der Waals surface area contributed by atoms with Crippen LogP contribution < -0.4 is 11.1 Å². The molecule has 3 N–H and O–H groups in total. The number of benzene rings is 1. The summed E-state index contributed by atoms with van der Waals surface area (Å²) >= 11 is 0. The number of nitrogens with one attached hydrogen (secondary N) is 1. The van der Waals surface area contributed by atoms with Gasteiger partial charge in [-0.1, -0.05) is 0 Å². The van der Waals surface area contributed by atoms with Crippen molar-refractivity contribution in [3.63, 3.8) is 0 Å². The van der Waals surface area contributed by atoms with Gasteiger partial charge in [-0.05, 0) is 51.0 Å². The van der Waals surface area contributed by atoms with E-state index in [0.717, 1.165) is 18.2 Å². The predicted molar refractivity (Wildman–Crippen MR) is 108 cm³/mol. The number of fused-ring (bicyclic) bond motifs is 1. The Morgan fingerprint density at radius 2 is 2.00 bits per heavy atom. The number of nitrogens with zero attached hydrogens (tertiary/aromatic N) is 3. The molecule has 2 aromatic rings. The van der Waals surface area contributed by atoms with Crippen molar-refractivity contribution in [3.8, 4) is 0 Å². The highest BCUT2D eigenvalue weighted by Crippen LogP contribution is 2.17. The summed E-state index contributed by atoms with van der Waals surface area (Å²) in [6, 6.07) is 2.56. The summed E-state index contributed by atoms with van der Waals surface area (Å²) in [7, 11) is 0. The molecule has 0 saturated carbocycles. The van der Waals surface area contributed by atoms with Gasteiger partial charge in [0.2, 0.25) is 5.91 Å². The van der Waals surface area contributed by atoms with E-state index in [1.54, 1.807) is 11.1 Å². The molecule has 2 amide bonds. The third-order valence-corrected chi connectivity index (χ3v) is 4.80. The largest absolute Gasteiger partial charge is 0.346 e. The Morgan fingerprint density at radius 1 is 1.27 bits per heavy atom. The summed E-state index contributed by atoms with van der Waals surface area (Å²) in [6.07, 6.45) is 1.76. The van der Waals surface area contributed by atoms with Crippen LogP contribution in [0.15, 0.2) is 24.4 Å². The summed E-state index contributed by atoms with van der Waals surface area (Å²) in [6.45, 7) is 6.91. The molecule has 0 bridgehead atoms. The maximum absolute atomic E-state index is 13.8. The Bertz CT molecular complexity index is 951. The molecule has 1 aliphatic rings. The van der Waals surface area contributed by atoms with E-state index >= 15 is 0 Å². The zero-order valence-electron chi connectivity index (χ0n) is 17.4. The summed E-state index contributed by atoms with van der Waals surface area (Å²) < 4.78 is 29.0. The molecule has 30 heavy (non-hydrogen) atoms. The normalized spacial score (nSPS) is 14.9. The van der Waals surface area contributed by atoms with Crippen LogP contribution in [-0.2, 0) is 24.3 Å². The second-order valence-electron chi connectivity index (χ2n) is 8.66. The molecular weight excluding hydrogens is 392 g/mol. The number of hydrogen-bond donors (Lipinski definition) is 2. The molecule has 9 heteroatoms. The lowest BCUT2D eigenvalue weighted by Crippen LogP contribution is -2.41. The number of carbonyl (C=O) groups is 2. The maximum atomic E-state index is 13.8. The van der Waals surface area contributed by atoms with Crippen LogP contribution in [0.25, 0.3) is 0 Å². The van der Waals surface area contributed by atoms with Crippen LogP contribution in [0.5, 0.6) is 0 Å². The van der Waals surface area contributed by atoms with E-state index in [1.807, 2.05) is 25.3 Å². The van der Waals surface area contributed by atoms with Crippen LogP contribution in [0.1, 0.15) is 49.1 Å². The quantitative estimate of drug-likeness (QED) is 0.775. The highest BCUT2D eigenvalue weighted by Gasteiger charge is 2.26. The highest BCUT2D eigenvalue weighted by atomic mass is 19.1. The molecule has 162 valence electrons. The minimum Gasteiger partial charge on any atom is -0.346 e. The van der Waals surface area contributed by atoms with Gasteiger partial charge in [0.15, 0.2) is 0 Å². The minimum atomic E-state index is -0.636. The van der Waals surface area contributed by atoms with Gasteiger partial charge in [-0.25, -0.2) is 13.8 Å². The molecule has 0 fully saturated rings. The summed E-state index contributed by atoms with van der Waals surface area (Å²) in [5.74, 6) is -0.909. The molecule has 1 atom stereocenters. The second kappa shape index (κ2) is 8.51. The molecule has 0 aliphatic carbocycles. The monoisotopic (exact) mass is 419 g/mol. The number of aromatic nitrogens is 2. The van der Waals surface area contributed by atoms with Gasteiger partial charge in [-0.15, -0.1) is 0 Å². The van der Waals surface area contributed by atoms with E-state index in [1.165, 1.54) is 0 Å².